The van der Waals surface area contributed by atoms with Gasteiger partial charge in [-0.25, -0.2) is 4.68 Å². The van der Waals surface area contributed by atoms with Crippen molar-refractivity contribution in [2.75, 3.05) is 13.1 Å². The van der Waals surface area contributed by atoms with Crippen LogP contribution in [0.2, 0.25) is 5.02 Å². The minimum absolute atomic E-state index is 0.0423. The Balaban J connectivity index is 1.48. The molecule has 1 fully saturated rings. The average molecular weight is 412 g/mol. The summed E-state index contributed by atoms with van der Waals surface area (Å²) in [5.74, 6) is -0.0423. The van der Waals surface area contributed by atoms with Crippen LogP contribution >= 0.6 is 11.6 Å². The molecule has 3 aromatic rings. The van der Waals surface area contributed by atoms with E-state index < -0.39 is 11.6 Å². The summed E-state index contributed by atoms with van der Waals surface area (Å²) in [6, 6.07) is 16.5. The molecule has 1 aliphatic rings. The third kappa shape index (κ3) is 4.31. The van der Waals surface area contributed by atoms with Crippen LogP contribution in [0.1, 0.15) is 30.0 Å². The standard InChI is InChI=1S/C21H22ClN5O2/c22-18-8-6-17(7-9-18)21(29)10-12-26(13-11-21)20(28)19(27-15-23-24-25-27)14-16-4-2-1-3-5-16/h1-9,15,19,29H,10-14H2/t19-/m0/s1. The molecular weight excluding hydrogens is 390 g/mol. The lowest BCUT2D eigenvalue weighted by molar-refractivity contribution is -0.139. The number of hydrogen-bond acceptors (Lipinski definition) is 5. The highest BCUT2D eigenvalue weighted by Gasteiger charge is 2.37. The van der Waals surface area contributed by atoms with E-state index in [-0.39, 0.29) is 5.91 Å². The molecule has 0 unspecified atom stereocenters. The molecule has 0 bridgehead atoms. The molecule has 1 aromatic heterocycles. The molecule has 1 saturated heterocycles. The van der Waals surface area contributed by atoms with Crippen LogP contribution in [-0.2, 0) is 16.8 Å². The van der Waals surface area contributed by atoms with Gasteiger partial charge in [-0.15, -0.1) is 5.10 Å². The lowest BCUT2D eigenvalue weighted by Gasteiger charge is -2.39. The number of aliphatic hydroxyl groups is 1. The number of carbonyl (C=O) groups excluding carboxylic acids is 1. The van der Waals surface area contributed by atoms with E-state index in [0.29, 0.717) is 37.4 Å². The van der Waals surface area contributed by atoms with E-state index in [1.807, 2.05) is 42.5 Å². The molecule has 1 amide bonds. The van der Waals surface area contributed by atoms with Gasteiger partial charge in [0.25, 0.3) is 0 Å². The van der Waals surface area contributed by atoms with Crippen LogP contribution in [0.25, 0.3) is 0 Å². The van der Waals surface area contributed by atoms with Crippen LogP contribution in [0, 0.1) is 0 Å². The predicted molar refractivity (Wildman–Crippen MR) is 108 cm³/mol. The van der Waals surface area contributed by atoms with E-state index in [1.165, 1.54) is 11.0 Å². The normalized spacial score (nSPS) is 17.1. The number of tetrazole rings is 1. The Morgan fingerprint density at radius 3 is 2.41 bits per heavy atom. The molecule has 2 heterocycles. The Morgan fingerprint density at radius 1 is 1.10 bits per heavy atom. The van der Waals surface area contributed by atoms with Gasteiger partial charge in [0.2, 0.25) is 5.91 Å². The molecule has 150 valence electrons. The van der Waals surface area contributed by atoms with Gasteiger partial charge in [0.1, 0.15) is 12.4 Å². The monoisotopic (exact) mass is 411 g/mol. The van der Waals surface area contributed by atoms with Crippen molar-refractivity contribution in [1.82, 2.24) is 25.1 Å². The number of aromatic nitrogens is 4. The molecule has 0 saturated carbocycles. The van der Waals surface area contributed by atoms with E-state index in [0.717, 1.165) is 11.1 Å². The summed E-state index contributed by atoms with van der Waals surface area (Å²) in [6.07, 6.45) is 2.91. The lowest BCUT2D eigenvalue weighted by Crippen LogP contribution is -2.47. The number of halogens is 1. The average Bonchev–Trinajstić information content (AvgIpc) is 3.28. The Labute approximate surface area is 173 Å². The van der Waals surface area contributed by atoms with Crippen LogP contribution in [0.5, 0.6) is 0 Å². The molecule has 7 nitrogen and oxygen atoms in total. The Kier molecular flexibility index (Phi) is 5.60. The van der Waals surface area contributed by atoms with Crippen molar-refractivity contribution in [3.05, 3.63) is 77.1 Å². The van der Waals surface area contributed by atoms with Gasteiger partial charge in [0.05, 0.1) is 5.60 Å². The molecule has 0 aliphatic carbocycles. The first-order chi connectivity index (χ1) is 14.0. The largest absolute Gasteiger partial charge is 0.385 e. The van der Waals surface area contributed by atoms with E-state index in [9.17, 15) is 9.90 Å². The molecule has 4 rings (SSSR count). The van der Waals surface area contributed by atoms with E-state index >= 15 is 0 Å². The van der Waals surface area contributed by atoms with Crippen LogP contribution in [0.3, 0.4) is 0 Å². The van der Waals surface area contributed by atoms with Gasteiger partial charge >= 0.3 is 0 Å². The number of piperidine rings is 1. The number of benzene rings is 2. The highest BCUT2D eigenvalue weighted by Crippen LogP contribution is 2.34. The summed E-state index contributed by atoms with van der Waals surface area (Å²) < 4.78 is 1.51. The predicted octanol–water partition coefficient (Wildman–Crippen LogP) is 2.62. The number of carbonyl (C=O) groups is 1. The highest BCUT2D eigenvalue weighted by atomic mass is 35.5. The first-order valence-electron chi connectivity index (χ1n) is 9.59. The second-order valence-electron chi connectivity index (χ2n) is 7.36. The van der Waals surface area contributed by atoms with Crippen LogP contribution in [0.4, 0.5) is 0 Å². The maximum absolute atomic E-state index is 13.3. The molecular formula is C21H22ClN5O2. The van der Waals surface area contributed by atoms with Crippen molar-refractivity contribution in [2.45, 2.75) is 30.9 Å². The summed E-state index contributed by atoms with van der Waals surface area (Å²) in [5.41, 5.74) is 0.914. The Morgan fingerprint density at radius 2 is 1.79 bits per heavy atom. The van der Waals surface area contributed by atoms with Crippen LogP contribution < -0.4 is 0 Å². The number of likely N-dealkylation sites (tertiary alicyclic amines) is 1. The SMILES string of the molecule is O=C([C@H](Cc1ccccc1)n1cnnn1)N1CCC(O)(c2ccc(Cl)cc2)CC1. The van der Waals surface area contributed by atoms with Gasteiger partial charge < -0.3 is 10.0 Å². The van der Waals surface area contributed by atoms with Gasteiger partial charge in [0, 0.05) is 24.5 Å². The van der Waals surface area contributed by atoms with Gasteiger partial charge in [-0.2, -0.15) is 0 Å². The summed E-state index contributed by atoms with van der Waals surface area (Å²) >= 11 is 5.96. The summed E-state index contributed by atoms with van der Waals surface area (Å²) in [6.45, 7) is 0.927. The fraction of sp³-hybridized carbons (Fsp3) is 0.333. The fourth-order valence-corrected chi connectivity index (χ4v) is 3.93. The maximum atomic E-state index is 13.3. The third-order valence-corrected chi connectivity index (χ3v) is 5.78. The maximum Gasteiger partial charge on any atom is 0.247 e. The summed E-state index contributed by atoms with van der Waals surface area (Å²) in [7, 11) is 0. The quantitative estimate of drug-likeness (QED) is 0.697. The van der Waals surface area contributed by atoms with Crippen molar-refractivity contribution < 1.29 is 9.90 Å². The van der Waals surface area contributed by atoms with Gasteiger partial charge in [-0.05, 0) is 46.5 Å². The van der Waals surface area contributed by atoms with Crippen molar-refractivity contribution in [1.29, 1.82) is 0 Å². The van der Waals surface area contributed by atoms with Crippen LogP contribution in [0.15, 0.2) is 60.9 Å². The van der Waals surface area contributed by atoms with E-state index in [1.54, 1.807) is 17.0 Å². The molecule has 29 heavy (non-hydrogen) atoms. The minimum atomic E-state index is -0.953. The second kappa shape index (κ2) is 8.31. The summed E-state index contributed by atoms with van der Waals surface area (Å²) in [5, 5.41) is 23.1. The molecule has 2 aromatic carbocycles. The first-order valence-corrected chi connectivity index (χ1v) is 9.96. The van der Waals surface area contributed by atoms with Crippen LogP contribution in [-0.4, -0.2) is 49.2 Å². The summed E-state index contributed by atoms with van der Waals surface area (Å²) in [4.78, 5) is 15.1. The fourth-order valence-electron chi connectivity index (χ4n) is 3.80. The molecule has 0 spiro atoms. The molecule has 0 radical (unpaired) electrons. The van der Waals surface area contributed by atoms with Gasteiger partial charge in [-0.3, -0.25) is 4.79 Å². The van der Waals surface area contributed by atoms with Crippen molar-refractivity contribution in [2.24, 2.45) is 0 Å². The third-order valence-electron chi connectivity index (χ3n) is 5.52. The topological polar surface area (TPSA) is 84.1 Å². The molecule has 1 N–H and O–H groups in total. The van der Waals surface area contributed by atoms with Crippen molar-refractivity contribution >= 4 is 17.5 Å². The second-order valence-corrected chi connectivity index (χ2v) is 7.80. The smallest absolute Gasteiger partial charge is 0.247 e. The Bertz CT molecular complexity index is 939. The van der Waals surface area contributed by atoms with Crippen molar-refractivity contribution in [3.8, 4) is 0 Å². The zero-order valence-electron chi connectivity index (χ0n) is 15.9. The zero-order chi connectivity index (χ0) is 20.3. The number of amides is 1. The molecule has 1 atom stereocenters. The number of rotatable bonds is 5. The van der Waals surface area contributed by atoms with Gasteiger partial charge in [-0.1, -0.05) is 54.1 Å². The lowest BCUT2D eigenvalue weighted by atomic mass is 9.84. The van der Waals surface area contributed by atoms with E-state index in [4.69, 9.17) is 11.6 Å². The zero-order valence-corrected chi connectivity index (χ0v) is 16.6. The van der Waals surface area contributed by atoms with Gasteiger partial charge in [0.15, 0.2) is 0 Å². The minimum Gasteiger partial charge on any atom is -0.385 e. The Hall–Kier alpha value is -2.77. The molecule has 8 heteroatoms. The van der Waals surface area contributed by atoms with E-state index in [2.05, 4.69) is 15.5 Å². The first kappa shape index (κ1) is 19.5. The molecule has 1 aliphatic heterocycles. The highest BCUT2D eigenvalue weighted by molar-refractivity contribution is 6.30. The number of hydrogen-bond donors (Lipinski definition) is 1. The van der Waals surface area contributed by atoms with Crippen molar-refractivity contribution in [3.63, 3.8) is 0 Å². The number of nitrogens with zero attached hydrogens (tertiary/aromatic N) is 5.